The van der Waals surface area contributed by atoms with Gasteiger partial charge in [0, 0.05) is 12.5 Å². The van der Waals surface area contributed by atoms with Gasteiger partial charge in [-0.2, -0.15) is 0 Å². The fourth-order valence-corrected chi connectivity index (χ4v) is 1.90. The fraction of sp³-hybridized carbons (Fsp3) is 0.286. The monoisotopic (exact) mass is 278 g/mol. The van der Waals surface area contributed by atoms with Crippen molar-refractivity contribution in [3.63, 3.8) is 0 Å². The molecule has 0 aliphatic rings. The minimum absolute atomic E-state index is 0.0904. The van der Waals surface area contributed by atoms with Crippen molar-refractivity contribution >= 4 is 16.7 Å². The van der Waals surface area contributed by atoms with Crippen molar-refractivity contribution in [2.75, 3.05) is 14.2 Å². The average Bonchev–Trinajstić information content (AvgIpc) is 2.43. The van der Waals surface area contributed by atoms with Crippen molar-refractivity contribution in [2.24, 2.45) is 0 Å². The highest BCUT2D eigenvalue weighted by Crippen LogP contribution is 2.28. The molecule has 0 amide bonds. The summed E-state index contributed by atoms with van der Waals surface area (Å²) in [7, 11) is 2.76. The highest BCUT2D eigenvalue weighted by Gasteiger charge is 2.12. The van der Waals surface area contributed by atoms with E-state index in [1.807, 2.05) is 0 Å². The molecule has 6 heteroatoms. The maximum atomic E-state index is 11.9. The molecule has 0 aliphatic carbocycles. The van der Waals surface area contributed by atoms with Gasteiger partial charge in [-0.3, -0.25) is 4.79 Å². The van der Waals surface area contributed by atoms with Gasteiger partial charge in [0.05, 0.1) is 20.6 Å². The van der Waals surface area contributed by atoms with Crippen LogP contribution >= 0.6 is 0 Å². The summed E-state index contributed by atoms with van der Waals surface area (Å²) >= 11 is 0. The predicted octanol–water partition coefficient (Wildman–Crippen LogP) is 1.61. The first kappa shape index (κ1) is 13.9. The first-order valence-corrected chi connectivity index (χ1v) is 5.95. The molecule has 0 radical (unpaired) electrons. The number of fused-ring (bicyclic) bond motifs is 1. The molecule has 0 saturated heterocycles. The maximum absolute atomic E-state index is 11.9. The van der Waals surface area contributed by atoms with Gasteiger partial charge in [-0.05, 0) is 17.5 Å². The number of phenolic OH excluding ortho intramolecular Hbond substituents is 1. The number of esters is 1. The minimum atomic E-state index is -0.650. The Balaban J connectivity index is 2.45. The zero-order valence-electron chi connectivity index (χ0n) is 11.1. The Morgan fingerprint density at radius 2 is 2.05 bits per heavy atom. The molecule has 106 valence electrons. The van der Waals surface area contributed by atoms with Crippen molar-refractivity contribution < 1.29 is 23.8 Å². The van der Waals surface area contributed by atoms with Crippen LogP contribution in [0.3, 0.4) is 0 Å². The molecule has 1 aromatic carbocycles. The van der Waals surface area contributed by atoms with Gasteiger partial charge < -0.3 is 19.0 Å². The summed E-state index contributed by atoms with van der Waals surface area (Å²) in [4.78, 5) is 22.9. The molecule has 2 aromatic rings. The van der Waals surface area contributed by atoms with Gasteiger partial charge in [-0.25, -0.2) is 4.79 Å². The number of aromatic hydroxyl groups is 1. The van der Waals surface area contributed by atoms with Crippen LogP contribution in [0.5, 0.6) is 11.5 Å². The first-order chi connectivity index (χ1) is 9.55. The standard InChI is InChI=1S/C14H14O6/c1-18-10-6-8-5-9(3-4-12(16)19-2)20-14(17)13(8)11(15)7-10/h5-7,15H,3-4H2,1-2H3. The molecule has 0 bridgehead atoms. The summed E-state index contributed by atoms with van der Waals surface area (Å²) in [5.41, 5.74) is -0.650. The van der Waals surface area contributed by atoms with E-state index in [1.54, 1.807) is 12.1 Å². The number of hydrogen-bond donors (Lipinski definition) is 1. The van der Waals surface area contributed by atoms with Gasteiger partial charge in [0.15, 0.2) is 0 Å². The van der Waals surface area contributed by atoms with Gasteiger partial charge in [-0.15, -0.1) is 0 Å². The number of ether oxygens (including phenoxy) is 2. The Morgan fingerprint density at radius 1 is 1.30 bits per heavy atom. The van der Waals surface area contributed by atoms with Crippen molar-refractivity contribution in [3.8, 4) is 11.5 Å². The number of benzene rings is 1. The van der Waals surface area contributed by atoms with Crippen LogP contribution < -0.4 is 10.4 Å². The second kappa shape index (κ2) is 5.64. The van der Waals surface area contributed by atoms with Crippen LogP contribution in [0.1, 0.15) is 12.2 Å². The van der Waals surface area contributed by atoms with Crippen LogP contribution in [-0.2, 0) is 16.0 Å². The predicted molar refractivity (Wildman–Crippen MR) is 71.0 cm³/mol. The van der Waals surface area contributed by atoms with Crippen molar-refractivity contribution in [1.82, 2.24) is 0 Å². The zero-order chi connectivity index (χ0) is 14.7. The lowest BCUT2D eigenvalue weighted by Gasteiger charge is -2.06. The van der Waals surface area contributed by atoms with Crippen molar-refractivity contribution in [2.45, 2.75) is 12.8 Å². The van der Waals surface area contributed by atoms with Gasteiger partial charge in [0.2, 0.25) is 0 Å². The van der Waals surface area contributed by atoms with Crippen molar-refractivity contribution in [3.05, 3.63) is 34.4 Å². The van der Waals surface area contributed by atoms with Crippen LogP contribution in [0, 0.1) is 0 Å². The molecule has 6 nitrogen and oxygen atoms in total. The fourth-order valence-electron chi connectivity index (χ4n) is 1.90. The number of rotatable bonds is 4. The molecule has 0 saturated carbocycles. The number of carbonyl (C=O) groups excluding carboxylic acids is 1. The molecule has 20 heavy (non-hydrogen) atoms. The van der Waals surface area contributed by atoms with Gasteiger partial charge in [0.25, 0.3) is 0 Å². The molecule has 0 spiro atoms. The molecule has 0 aliphatic heterocycles. The largest absolute Gasteiger partial charge is 0.507 e. The van der Waals surface area contributed by atoms with E-state index in [9.17, 15) is 14.7 Å². The normalized spacial score (nSPS) is 10.5. The minimum Gasteiger partial charge on any atom is -0.507 e. The number of methoxy groups -OCH3 is 2. The van der Waals surface area contributed by atoms with E-state index in [0.29, 0.717) is 16.9 Å². The summed E-state index contributed by atoms with van der Waals surface area (Å²) in [6.07, 6.45) is 0.358. The van der Waals surface area contributed by atoms with Crippen LogP contribution in [0.4, 0.5) is 0 Å². The molecular weight excluding hydrogens is 264 g/mol. The maximum Gasteiger partial charge on any atom is 0.347 e. The topological polar surface area (TPSA) is 86.0 Å². The lowest BCUT2D eigenvalue weighted by atomic mass is 10.1. The molecule has 0 fully saturated rings. The summed E-state index contributed by atoms with van der Waals surface area (Å²) in [5, 5.41) is 10.4. The van der Waals surface area contributed by atoms with E-state index < -0.39 is 5.63 Å². The Hall–Kier alpha value is -2.50. The summed E-state index contributed by atoms with van der Waals surface area (Å²) in [6.45, 7) is 0. The number of hydrogen-bond acceptors (Lipinski definition) is 6. The third kappa shape index (κ3) is 2.74. The Bertz CT molecular complexity index is 701. The summed E-state index contributed by atoms with van der Waals surface area (Å²) < 4.78 is 14.6. The summed E-state index contributed by atoms with van der Waals surface area (Å²) in [5.74, 6) is 0.189. The third-order valence-electron chi connectivity index (χ3n) is 2.90. The lowest BCUT2D eigenvalue weighted by Crippen LogP contribution is -2.06. The third-order valence-corrected chi connectivity index (χ3v) is 2.90. The highest BCUT2D eigenvalue weighted by molar-refractivity contribution is 5.88. The molecule has 1 aromatic heterocycles. The molecule has 0 atom stereocenters. The quantitative estimate of drug-likeness (QED) is 0.855. The molecular formula is C14H14O6. The smallest absolute Gasteiger partial charge is 0.347 e. The van der Waals surface area contributed by atoms with E-state index in [1.165, 1.54) is 20.3 Å². The number of aryl methyl sites for hydroxylation is 1. The molecule has 2 rings (SSSR count). The Kier molecular flexibility index (Phi) is 3.93. The average molecular weight is 278 g/mol. The second-order valence-electron chi connectivity index (χ2n) is 4.19. The SMILES string of the molecule is COC(=O)CCc1cc2cc(OC)cc(O)c2c(=O)o1. The van der Waals surface area contributed by atoms with Crippen LogP contribution in [0.2, 0.25) is 0 Å². The molecule has 0 unspecified atom stereocenters. The van der Waals surface area contributed by atoms with E-state index in [-0.39, 0.29) is 29.9 Å². The van der Waals surface area contributed by atoms with Gasteiger partial charge >= 0.3 is 11.6 Å². The number of phenols is 1. The Labute approximate surface area is 114 Å². The van der Waals surface area contributed by atoms with Gasteiger partial charge in [0.1, 0.15) is 22.6 Å². The molecule has 1 N–H and O–H groups in total. The number of carbonyl (C=O) groups is 1. The van der Waals surface area contributed by atoms with Crippen molar-refractivity contribution in [1.29, 1.82) is 0 Å². The first-order valence-electron chi connectivity index (χ1n) is 5.95. The lowest BCUT2D eigenvalue weighted by molar-refractivity contribution is -0.140. The van der Waals surface area contributed by atoms with Crippen LogP contribution in [-0.4, -0.2) is 25.3 Å². The second-order valence-corrected chi connectivity index (χ2v) is 4.19. The van der Waals surface area contributed by atoms with E-state index in [4.69, 9.17) is 9.15 Å². The Morgan fingerprint density at radius 3 is 2.70 bits per heavy atom. The van der Waals surface area contributed by atoms with E-state index in [0.717, 1.165) is 0 Å². The van der Waals surface area contributed by atoms with Crippen LogP contribution in [0.15, 0.2) is 27.4 Å². The van der Waals surface area contributed by atoms with Gasteiger partial charge in [-0.1, -0.05) is 0 Å². The van der Waals surface area contributed by atoms with Crippen LogP contribution in [0.25, 0.3) is 10.8 Å². The molecule has 1 heterocycles. The van der Waals surface area contributed by atoms with E-state index in [2.05, 4.69) is 4.74 Å². The summed E-state index contributed by atoms with van der Waals surface area (Å²) in [6, 6.07) is 4.56. The zero-order valence-corrected chi connectivity index (χ0v) is 11.1. The highest BCUT2D eigenvalue weighted by atomic mass is 16.5. The van der Waals surface area contributed by atoms with E-state index >= 15 is 0 Å².